The molecule has 1 aromatic rings. The minimum absolute atomic E-state index is 0.308. The molecule has 0 bridgehead atoms. The van der Waals surface area contributed by atoms with Gasteiger partial charge in [-0.25, -0.2) is 0 Å². The molecule has 0 amide bonds. The lowest BCUT2D eigenvalue weighted by Gasteiger charge is -2.36. The average Bonchev–Trinajstić information content (AvgIpc) is 2.49. The zero-order valence-corrected chi connectivity index (χ0v) is 14.7. The van der Waals surface area contributed by atoms with Gasteiger partial charge < -0.3 is 5.32 Å². The van der Waals surface area contributed by atoms with Crippen molar-refractivity contribution < 1.29 is 0 Å². The largest absolute Gasteiger partial charge is 0.314 e. The van der Waals surface area contributed by atoms with Crippen molar-refractivity contribution in [2.75, 3.05) is 26.2 Å². The summed E-state index contributed by atoms with van der Waals surface area (Å²) >= 11 is 18.9. The fraction of sp³-hybridized carbons (Fsp3) is 0.625. The smallest absolute Gasteiger partial charge is 0.0641 e. The van der Waals surface area contributed by atoms with E-state index in [9.17, 15) is 0 Å². The highest BCUT2D eigenvalue weighted by molar-refractivity contribution is 6.43. The molecule has 1 fully saturated rings. The zero-order chi connectivity index (χ0) is 15.2. The van der Waals surface area contributed by atoms with E-state index in [0.29, 0.717) is 21.1 Å². The molecule has 0 radical (unpaired) electrons. The molecule has 1 heterocycles. The minimum atomic E-state index is 0.308. The molecule has 0 unspecified atom stereocenters. The van der Waals surface area contributed by atoms with Gasteiger partial charge in [0, 0.05) is 37.2 Å². The standard InChI is InChI=1S/C16H23Cl3N2/c1-2-3-4-5-15(21-8-6-20-7-9-21)13-10-12(17)11-14(18)16(13)19/h10-11,15,20H,2-9H2,1H3/t15-/m0/s1. The number of nitrogens with zero attached hydrogens (tertiary/aromatic N) is 1. The highest BCUT2D eigenvalue weighted by atomic mass is 35.5. The lowest BCUT2D eigenvalue weighted by molar-refractivity contribution is 0.163. The van der Waals surface area contributed by atoms with E-state index >= 15 is 0 Å². The van der Waals surface area contributed by atoms with E-state index in [-0.39, 0.29) is 0 Å². The van der Waals surface area contributed by atoms with Gasteiger partial charge in [0.15, 0.2) is 0 Å². The quantitative estimate of drug-likeness (QED) is 0.563. The van der Waals surface area contributed by atoms with Crippen LogP contribution in [0.2, 0.25) is 15.1 Å². The summed E-state index contributed by atoms with van der Waals surface area (Å²) in [6.07, 6.45) is 4.77. The first-order valence-corrected chi connectivity index (χ1v) is 8.86. The molecule has 1 saturated heterocycles. The van der Waals surface area contributed by atoms with E-state index in [1.165, 1.54) is 19.3 Å². The molecule has 1 atom stereocenters. The molecule has 0 spiro atoms. The number of benzene rings is 1. The fourth-order valence-corrected chi connectivity index (χ4v) is 3.68. The van der Waals surface area contributed by atoms with Crippen molar-refractivity contribution in [1.82, 2.24) is 10.2 Å². The highest BCUT2D eigenvalue weighted by Gasteiger charge is 2.25. The zero-order valence-electron chi connectivity index (χ0n) is 12.5. The van der Waals surface area contributed by atoms with Gasteiger partial charge >= 0.3 is 0 Å². The van der Waals surface area contributed by atoms with Gasteiger partial charge in [-0.15, -0.1) is 0 Å². The Morgan fingerprint density at radius 1 is 1.14 bits per heavy atom. The Balaban J connectivity index is 2.24. The molecular weight excluding hydrogens is 327 g/mol. The molecule has 2 rings (SSSR count). The number of rotatable bonds is 6. The second-order valence-corrected chi connectivity index (χ2v) is 6.81. The van der Waals surface area contributed by atoms with Gasteiger partial charge in [0.1, 0.15) is 0 Å². The monoisotopic (exact) mass is 348 g/mol. The maximum atomic E-state index is 6.46. The van der Waals surface area contributed by atoms with Crippen LogP contribution in [0.1, 0.15) is 44.2 Å². The van der Waals surface area contributed by atoms with Crippen LogP contribution in [-0.2, 0) is 0 Å². The van der Waals surface area contributed by atoms with E-state index in [1.54, 1.807) is 6.07 Å². The summed E-state index contributed by atoms with van der Waals surface area (Å²) in [4.78, 5) is 2.50. The summed E-state index contributed by atoms with van der Waals surface area (Å²) < 4.78 is 0. The third-order valence-electron chi connectivity index (χ3n) is 4.05. The Morgan fingerprint density at radius 2 is 1.86 bits per heavy atom. The van der Waals surface area contributed by atoms with Gasteiger partial charge in [-0.3, -0.25) is 4.90 Å². The summed E-state index contributed by atoms with van der Waals surface area (Å²) in [7, 11) is 0. The maximum Gasteiger partial charge on any atom is 0.0641 e. The molecule has 0 aliphatic carbocycles. The molecule has 0 saturated carbocycles. The molecule has 5 heteroatoms. The Bertz CT molecular complexity index is 459. The number of unbranched alkanes of at least 4 members (excludes halogenated alkanes) is 2. The van der Waals surface area contributed by atoms with Crippen LogP contribution in [0.3, 0.4) is 0 Å². The van der Waals surface area contributed by atoms with Crippen molar-refractivity contribution in [3.8, 4) is 0 Å². The predicted molar refractivity (Wildman–Crippen MR) is 92.8 cm³/mol. The Morgan fingerprint density at radius 3 is 2.52 bits per heavy atom. The highest BCUT2D eigenvalue weighted by Crippen LogP contribution is 2.38. The van der Waals surface area contributed by atoms with Gasteiger partial charge in [0.25, 0.3) is 0 Å². The van der Waals surface area contributed by atoms with E-state index in [1.807, 2.05) is 6.07 Å². The van der Waals surface area contributed by atoms with Crippen LogP contribution < -0.4 is 5.32 Å². The second kappa shape index (κ2) is 8.59. The van der Waals surface area contributed by atoms with Crippen LogP contribution in [0.4, 0.5) is 0 Å². The first-order valence-electron chi connectivity index (χ1n) is 7.72. The van der Waals surface area contributed by atoms with Crippen molar-refractivity contribution in [1.29, 1.82) is 0 Å². The number of piperazine rings is 1. The van der Waals surface area contributed by atoms with Crippen LogP contribution in [0.5, 0.6) is 0 Å². The third kappa shape index (κ3) is 4.74. The number of hydrogen-bond acceptors (Lipinski definition) is 2. The molecule has 1 aromatic carbocycles. The van der Waals surface area contributed by atoms with Crippen molar-refractivity contribution in [2.45, 2.75) is 38.6 Å². The normalized spacial score (nSPS) is 17.9. The fourth-order valence-electron chi connectivity index (χ4n) is 2.93. The van der Waals surface area contributed by atoms with Gasteiger partial charge in [0.2, 0.25) is 0 Å². The number of nitrogens with one attached hydrogen (secondary N) is 1. The van der Waals surface area contributed by atoms with Crippen LogP contribution in [-0.4, -0.2) is 31.1 Å². The molecule has 118 valence electrons. The summed E-state index contributed by atoms with van der Waals surface area (Å²) in [5, 5.41) is 5.27. The van der Waals surface area contributed by atoms with Crippen LogP contribution >= 0.6 is 34.8 Å². The molecule has 21 heavy (non-hydrogen) atoms. The molecule has 1 aliphatic heterocycles. The maximum absolute atomic E-state index is 6.46. The van der Waals surface area contributed by atoms with E-state index in [0.717, 1.165) is 38.2 Å². The molecule has 2 nitrogen and oxygen atoms in total. The lowest BCUT2D eigenvalue weighted by atomic mass is 9.98. The number of halogens is 3. The predicted octanol–water partition coefficient (Wildman–Crippen LogP) is 5.17. The van der Waals surface area contributed by atoms with Crippen LogP contribution in [0, 0.1) is 0 Å². The second-order valence-electron chi connectivity index (χ2n) is 5.59. The first-order chi connectivity index (χ1) is 10.1. The van der Waals surface area contributed by atoms with Gasteiger partial charge in [-0.2, -0.15) is 0 Å². The van der Waals surface area contributed by atoms with Crippen molar-refractivity contribution in [2.24, 2.45) is 0 Å². The molecular formula is C16H23Cl3N2. The van der Waals surface area contributed by atoms with E-state index in [2.05, 4.69) is 17.1 Å². The average molecular weight is 350 g/mol. The lowest BCUT2D eigenvalue weighted by Crippen LogP contribution is -2.45. The topological polar surface area (TPSA) is 15.3 Å². The number of hydrogen-bond donors (Lipinski definition) is 1. The van der Waals surface area contributed by atoms with E-state index < -0.39 is 0 Å². The Hall–Kier alpha value is 0.01000. The molecule has 0 aromatic heterocycles. The summed E-state index contributed by atoms with van der Waals surface area (Å²) in [6, 6.07) is 4.01. The summed E-state index contributed by atoms with van der Waals surface area (Å²) in [5.74, 6) is 0. The summed E-state index contributed by atoms with van der Waals surface area (Å²) in [6.45, 7) is 6.35. The van der Waals surface area contributed by atoms with Gasteiger partial charge in [-0.1, -0.05) is 61.0 Å². The van der Waals surface area contributed by atoms with Gasteiger partial charge in [0.05, 0.1) is 10.0 Å². The van der Waals surface area contributed by atoms with E-state index in [4.69, 9.17) is 34.8 Å². The SMILES string of the molecule is CCCCC[C@@H](c1cc(Cl)cc(Cl)c1Cl)N1CCNCC1. The van der Waals surface area contributed by atoms with Crippen molar-refractivity contribution in [3.63, 3.8) is 0 Å². The van der Waals surface area contributed by atoms with Crippen LogP contribution in [0.25, 0.3) is 0 Å². The molecule has 1 aliphatic rings. The Labute approximate surface area is 142 Å². The molecule has 1 N–H and O–H groups in total. The first kappa shape index (κ1) is 17.4. The van der Waals surface area contributed by atoms with Crippen LogP contribution in [0.15, 0.2) is 12.1 Å². The minimum Gasteiger partial charge on any atom is -0.314 e. The third-order valence-corrected chi connectivity index (χ3v) is 5.09. The van der Waals surface area contributed by atoms with Crippen molar-refractivity contribution in [3.05, 3.63) is 32.8 Å². The van der Waals surface area contributed by atoms with Crippen molar-refractivity contribution >= 4 is 34.8 Å². The Kier molecular flexibility index (Phi) is 7.11. The summed E-state index contributed by atoms with van der Waals surface area (Å²) in [5.41, 5.74) is 1.08. The van der Waals surface area contributed by atoms with Gasteiger partial charge in [-0.05, 0) is 24.1 Å².